The number of anilines is 3. The van der Waals surface area contributed by atoms with Crippen LogP contribution in [0.4, 0.5) is 17.1 Å². The fraction of sp³-hybridized carbons (Fsp3) is 0. The Morgan fingerprint density at radius 2 is 1.04 bits per heavy atom. The third-order valence-electron chi connectivity index (χ3n) is 10.5. The number of thiophene rings is 1. The second kappa shape index (κ2) is 11.9. The van der Waals surface area contributed by atoms with Crippen molar-refractivity contribution in [2.45, 2.75) is 0 Å². The summed E-state index contributed by atoms with van der Waals surface area (Å²) in [6.45, 7) is 0. The molecule has 0 aliphatic rings. The minimum atomic E-state index is 0.988. The summed E-state index contributed by atoms with van der Waals surface area (Å²) in [6, 6.07) is 67.7. The second-order valence-corrected chi connectivity index (χ2v) is 14.6. The zero-order chi connectivity index (χ0) is 34.9. The van der Waals surface area contributed by atoms with Crippen LogP contribution >= 0.6 is 11.3 Å². The molecule has 0 saturated carbocycles. The molecule has 3 aromatic heterocycles. The summed E-state index contributed by atoms with van der Waals surface area (Å²) in [4.78, 5) is 7.70. The van der Waals surface area contributed by atoms with Gasteiger partial charge in [-0.05, 0) is 72.8 Å². The first-order chi connectivity index (χ1) is 26.3. The Hall–Kier alpha value is -6.75. The van der Waals surface area contributed by atoms with Crippen LogP contribution in [0.2, 0.25) is 0 Å². The lowest BCUT2D eigenvalue weighted by Gasteiger charge is -2.25. The van der Waals surface area contributed by atoms with Crippen molar-refractivity contribution < 1.29 is 0 Å². The molecule has 8 aromatic carbocycles. The number of benzene rings is 8. The molecule has 0 aliphatic carbocycles. The average molecular weight is 694 g/mol. The van der Waals surface area contributed by atoms with Gasteiger partial charge >= 0.3 is 0 Å². The second-order valence-electron chi connectivity index (χ2n) is 13.5. The van der Waals surface area contributed by atoms with Gasteiger partial charge in [0.05, 0.1) is 22.2 Å². The van der Waals surface area contributed by atoms with Gasteiger partial charge in [-0.25, -0.2) is 4.98 Å². The lowest BCUT2D eigenvalue weighted by molar-refractivity contribution is 1.18. The van der Waals surface area contributed by atoms with E-state index in [2.05, 4.69) is 198 Å². The molecule has 0 bridgehead atoms. The molecule has 0 unspecified atom stereocenters. The van der Waals surface area contributed by atoms with Crippen LogP contribution in [0.5, 0.6) is 0 Å². The van der Waals surface area contributed by atoms with Crippen molar-refractivity contribution in [1.82, 2.24) is 9.55 Å². The first kappa shape index (κ1) is 29.9. The molecule has 0 radical (unpaired) electrons. The molecule has 0 fully saturated rings. The summed E-state index contributed by atoms with van der Waals surface area (Å²) in [5, 5.41) is 8.65. The molecule has 0 atom stereocenters. The summed E-state index contributed by atoms with van der Waals surface area (Å²) < 4.78 is 4.99. The van der Waals surface area contributed by atoms with Gasteiger partial charge < -0.3 is 9.47 Å². The first-order valence-electron chi connectivity index (χ1n) is 18.0. The Bertz CT molecular complexity index is 3160. The van der Waals surface area contributed by atoms with E-state index in [0.29, 0.717) is 0 Å². The van der Waals surface area contributed by atoms with Gasteiger partial charge in [-0.3, -0.25) is 0 Å². The number of rotatable bonds is 5. The number of pyridine rings is 1. The van der Waals surface area contributed by atoms with Gasteiger partial charge in [-0.15, -0.1) is 11.3 Å². The van der Waals surface area contributed by atoms with Crippen molar-refractivity contribution in [2.24, 2.45) is 0 Å². The van der Waals surface area contributed by atoms with E-state index in [-0.39, 0.29) is 0 Å². The zero-order valence-corrected chi connectivity index (χ0v) is 29.5. The van der Waals surface area contributed by atoms with Gasteiger partial charge in [0, 0.05) is 75.4 Å². The monoisotopic (exact) mass is 693 g/mol. The Kier molecular flexibility index (Phi) is 6.73. The zero-order valence-electron chi connectivity index (χ0n) is 28.6. The van der Waals surface area contributed by atoms with Crippen molar-refractivity contribution in [2.75, 3.05) is 4.90 Å². The molecule has 11 rings (SSSR count). The summed E-state index contributed by atoms with van der Waals surface area (Å²) in [5.74, 6) is 0. The van der Waals surface area contributed by atoms with Gasteiger partial charge in [0.15, 0.2) is 0 Å². The van der Waals surface area contributed by atoms with Crippen LogP contribution in [0.1, 0.15) is 0 Å². The molecule has 3 nitrogen and oxygen atoms in total. The lowest BCUT2D eigenvalue weighted by Crippen LogP contribution is -2.09. The summed E-state index contributed by atoms with van der Waals surface area (Å²) in [7, 11) is 0. The number of fused-ring (bicyclic) bond motifs is 10. The van der Waals surface area contributed by atoms with E-state index >= 15 is 0 Å². The van der Waals surface area contributed by atoms with E-state index in [1.165, 1.54) is 47.4 Å². The number of para-hydroxylation sites is 4. The highest BCUT2D eigenvalue weighted by atomic mass is 32.1. The minimum Gasteiger partial charge on any atom is -0.310 e. The SMILES string of the molecule is c1ccc(N(c2ccc(-c3nc4ccccc4c4c3ccc3c4c4ccccc4n3-c3ccccc3)cc2)c2ccc3c(c2)sc2ccccc23)cc1. The van der Waals surface area contributed by atoms with Gasteiger partial charge in [-0.1, -0.05) is 115 Å². The molecule has 248 valence electrons. The number of aromatic nitrogens is 2. The van der Waals surface area contributed by atoms with Crippen molar-refractivity contribution in [3.05, 3.63) is 188 Å². The Balaban J connectivity index is 1.11. The van der Waals surface area contributed by atoms with E-state index in [4.69, 9.17) is 4.98 Å². The topological polar surface area (TPSA) is 21.1 Å². The molecule has 53 heavy (non-hydrogen) atoms. The van der Waals surface area contributed by atoms with Crippen LogP contribution in [0.15, 0.2) is 188 Å². The maximum atomic E-state index is 5.35. The summed E-state index contributed by atoms with van der Waals surface area (Å²) >= 11 is 1.85. The van der Waals surface area contributed by atoms with Crippen LogP contribution in [0, 0.1) is 0 Å². The van der Waals surface area contributed by atoms with Crippen LogP contribution in [-0.2, 0) is 0 Å². The van der Waals surface area contributed by atoms with Crippen LogP contribution in [0.25, 0.3) is 80.6 Å². The van der Waals surface area contributed by atoms with Gasteiger partial charge in [0.1, 0.15) is 0 Å². The van der Waals surface area contributed by atoms with Crippen LogP contribution in [-0.4, -0.2) is 9.55 Å². The van der Waals surface area contributed by atoms with E-state index in [1.807, 2.05) is 11.3 Å². The highest BCUT2D eigenvalue weighted by Crippen LogP contribution is 2.44. The fourth-order valence-corrected chi connectivity index (χ4v) is 9.36. The lowest BCUT2D eigenvalue weighted by atomic mass is 9.96. The Morgan fingerprint density at radius 3 is 1.87 bits per heavy atom. The summed E-state index contributed by atoms with van der Waals surface area (Å²) in [6.07, 6.45) is 0. The van der Waals surface area contributed by atoms with E-state index < -0.39 is 0 Å². The van der Waals surface area contributed by atoms with Crippen molar-refractivity contribution in [1.29, 1.82) is 0 Å². The fourth-order valence-electron chi connectivity index (χ4n) is 8.22. The van der Waals surface area contributed by atoms with Crippen molar-refractivity contribution >= 4 is 92.1 Å². The van der Waals surface area contributed by atoms with Gasteiger partial charge in [0.25, 0.3) is 0 Å². The minimum absolute atomic E-state index is 0.988. The van der Waals surface area contributed by atoms with Gasteiger partial charge in [0.2, 0.25) is 0 Å². The predicted octanol–water partition coefficient (Wildman–Crippen LogP) is 14.0. The van der Waals surface area contributed by atoms with Crippen molar-refractivity contribution in [3.63, 3.8) is 0 Å². The van der Waals surface area contributed by atoms with E-state index in [0.717, 1.165) is 50.3 Å². The largest absolute Gasteiger partial charge is 0.310 e. The molecule has 11 aromatic rings. The Morgan fingerprint density at radius 1 is 0.415 bits per heavy atom. The van der Waals surface area contributed by atoms with Crippen LogP contribution < -0.4 is 4.90 Å². The molecular weight excluding hydrogens is 663 g/mol. The molecular formula is C49H31N3S. The Labute approximate surface area is 310 Å². The third-order valence-corrected chi connectivity index (χ3v) is 11.7. The number of hydrogen-bond acceptors (Lipinski definition) is 3. The van der Waals surface area contributed by atoms with Crippen LogP contribution in [0.3, 0.4) is 0 Å². The molecule has 0 amide bonds. The molecule has 0 saturated heterocycles. The smallest absolute Gasteiger partial charge is 0.0788 e. The number of nitrogens with zero attached hydrogens (tertiary/aromatic N) is 3. The molecule has 4 heteroatoms. The van der Waals surface area contributed by atoms with Crippen molar-refractivity contribution in [3.8, 4) is 16.9 Å². The highest BCUT2D eigenvalue weighted by Gasteiger charge is 2.20. The molecule has 3 heterocycles. The molecule has 0 N–H and O–H groups in total. The predicted molar refractivity (Wildman–Crippen MR) is 227 cm³/mol. The molecule has 0 spiro atoms. The maximum absolute atomic E-state index is 5.35. The van der Waals surface area contributed by atoms with Gasteiger partial charge in [-0.2, -0.15) is 0 Å². The normalized spacial score (nSPS) is 11.8. The highest BCUT2D eigenvalue weighted by molar-refractivity contribution is 7.25. The van der Waals surface area contributed by atoms with E-state index in [1.54, 1.807) is 0 Å². The third kappa shape index (κ3) is 4.70. The average Bonchev–Trinajstić information content (AvgIpc) is 3.77. The molecule has 0 aliphatic heterocycles. The first-order valence-corrected chi connectivity index (χ1v) is 18.8. The summed E-state index contributed by atoms with van der Waals surface area (Å²) in [5.41, 5.74) is 9.96. The van der Waals surface area contributed by atoms with E-state index in [9.17, 15) is 0 Å². The standard InChI is InChI=1S/C49H31N3S/c1-3-13-33(14-4-1)51(36-27-28-38-37-17-9-12-22-45(37)53-46(38)31-36)35-25-23-32(24-26-35)49-41-29-30-44-48(47(41)39-18-7-10-20-42(39)50-49)40-19-8-11-21-43(40)52(44)34-15-5-2-6-16-34/h1-31H. The quantitative estimate of drug-likeness (QED) is 0.167. The maximum Gasteiger partial charge on any atom is 0.0788 e. The number of hydrogen-bond donors (Lipinski definition) is 0.